The zero-order valence-corrected chi connectivity index (χ0v) is 9.99. The third-order valence-corrected chi connectivity index (χ3v) is 3.03. The fraction of sp³-hybridized carbons (Fsp3) is 0.273. The average molecular weight is 254 g/mol. The molecule has 5 nitrogen and oxygen atoms in total. The van der Waals surface area contributed by atoms with Gasteiger partial charge in [0, 0.05) is 0 Å². The number of benzene rings is 1. The molecule has 0 aliphatic carbocycles. The number of hydrogen-bond donors (Lipinski definition) is 2. The standard InChI is InChI=1S/C11H12ClN3O2/c1-6-11(17)14-9(16)5-15(6)10-7(12)3-2-4-8(10)13/h2-4,6H,5,13H2,1H3,(H,14,16,17). The number of para-hydroxylation sites is 1. The molecular formula is C11H12ClN3O2. The van der Waals surface area contributed by atoms with Crippen molar-refractivity contribution in [1.82, 2.24) is 5.32 Å². The number of nitrogen functional groups attached to an aromatic ring is 1. The molecule has 6 heteroatoms. The fourth-order valence-corrected chi connectivity index (χ4v) is 2.11. The summed E-state index contributed by atoms with van der Waals surface area (Å²) in [4.78, 5) is 24.5. The highest BCUT2D eigenvalue weighted by atomic mass is 35.5. The topological polar surface area (TPSA) is 75.4 Å². The van der Waals surface area contributed by atoms with E-state index in [1.54, 1.807) is 30.0 Å². The molecule has 1 fully saturated rings. The molecule has 2 amide bonds. The fourth-order valence-electron chi connectivity index (χ4n) is 1.82. The van der Waals surface area contributed by atoms with Crippen molar-refractivity contribution in [3.8, 4) is 0 Å². The van der Waals surface area contributed by atoms with Crippen molar-refractivity contribution in [2.45, 2.75) is 13.0 Å². The van der Waals surface area contributed by atoms with E-state index in [4.69, 9.17) is 17.3 Å². The molecule has 1 aliphatic rings. The van der Waals surface area contributed by atoms with Crippen molar-refractivity contribution >= 4 is 34.8 Å². The van der Waals surface area contributed by atoms with E-state index in [2.05, 4.69) is 5.32 Å². The van der Waals surface area contributed by atoms with Crippen molar-refractivity contribution in [2.75, 3.05) is 17.2 Å². The van der Waals surface area contributed by atoms with Gasteiger partial charge in [-0.2, -0.15) is 0 Å². The summed E-state index contributed by atoms with van der Waals surface area (Å²) >= 11 is 6.06. The molecule has 0 bridgehead atoms. The molecule has 1 aromatic carbocycles. The van der Waals surface area contributed by atoms with Gasteiger partial charge in [-0.15, -0.1) is 0 Å². The largest absolute Gasteiger partial charge is 0.397 e. The van der Waals surface area contributed by atoms with E-state index in [1.165, 1.54) is 0 Å². The molecule has 17 heavy (non-hydrogen) atoms. The van der Waals surface area contributed by atoms with Gasteiger partial charge in [0.05, 0.1) is 22.9 Å². The molecule has 1 heterocycles. The zero-order valence-electron chi connectivity index (χ0n) is 9.24. The van der Waals surface area contributed by atoms with Gasteiger partial charge in [-0.05, 0) is 19.1 Å². The van der Waals surface area contributed by atoms with Crippen LogP contribution in [-0.2, 0) is 9.59 Å². The Morgan fingerprint density at radius 2 is 2.18 bits per heavy atom. The maximum absolute atomic E-state index is 11.6. The van der Waals surface area contributed by atoms with E-state index in [9.17, 15) is 9.59 Å². The Bertz CT molecular complexity index is 469. The first kappa shape index (κ1) is 11.7. The first-order valence-electron chi connectivity index (χ1n) is 5.15. The van der Waals surface area contributed by atoms with Gasteiger partial charge in [0.15, 0.2) is 0 Å². The molecule has 0 radical (unpaired) electrons. The molecule has 1 aliphatic heterocycles. The minimum absolute atomic E-state index is 0.0703. The smallest absolute Gasteiger partial charge is 0.249 e. The van der Waals surface area contributed by atoms with Crippen LogP contribution >= 0.6 is 11.6 Å². The van der Waals surface area contributed by atoms with Crippen molar-refractivity contribution in [1.29, 1.82) is 0 Å². The Balaban J connectivity index is 2.44. The van der Waals surface area contributed by atoms with E-state index in [-0.39, 0.29) is 18.4 Å². The number of carbonyl (C=O) groups excluding carboxylic acids is 2. The Labute approximate surface area is 104 Å². The number of imide groups is 1. The number of nitrogens with zero attached hydrogens (tertiary/aromatic N) is 1. The van der Waals surface area contributed by atoms with Crippen LogP contribution < -0.4 is 16.0 Å². The summed E-state index contributed by atoms with van der Waals surface area (Å²) < 4.78 is 0. The highest BCUT2D eigenvalue weighted by Crippen LogP contribution is 2.33. The van der Waals surface area contributed by atoms with E-state index in [1.807, 2.05) is 0 Å². The maximum atomic E-state index is 11.6. The summed E-state index contributed by atoms with van der Waals surface area (Å²) in [7, 11) is 0. The van der Waals surface area contributed by atoms with Crippen LogP contribution in [0.2, 0.25) is 5.02 Å². The van der Waals surface area contributed by atoms with Crippen LogP contribution in [0.25, 0.3) is 0 Å². The SMILES string of the molecule is CC1C(=O)NC(=O)CN1c1c(N)cccc1Cl. The van der Waals surface area contributed by atoms with Gasteiger partial charge in [-0.3, -0.25) is 14.9 Å². The molecule has 0 aromatic heterocycles. The lowest BCUT2D eigenvalue weighted by Gasteiger charge is -2.34. The van der Waals surface area contributed by atoms with Crippen LogP contribution in [0.4, 0.5) is 11.4 Å². The number of carbonyl (C=O) groups is 2. The number of rotatable bonds is 1. The lowest BCUT2D eigenvalue weighted by Crippen LogP contribution is -2.57. The van der Waals surface area contributed by atoms with Crippen molar-refractivity contribution < 1.29 is 9.59 Å². The molecule has 3 N–H and O–H groups in total. The Hall–Kier alpha value is -1.75. The van der Waals surface area contributed by atoms with E-state index in [0.717, 1.165) is 0 Å². The van der Waals surface area contributed by atoms with Crippen LogP contribution in [0, 0.1) is 0 Å². The predicted octanol–water partition coefficient (Wildman–Crippen LogP) is 0.774. The molecular weight excluding hydrogens is 242 g/mol. The second kappa shape index (κ2) is 4.25. The minimum atomic E-state index is -0.477. The van der Waals surface area contributed by atoms with Gasteiger partial charge in [0.2, 0.25) is 11.8 Å². The van der Waals surface area contributed by atoms with Crippen molar-refractivity contribution in [2.24, 2.45) is 0 Å². The normalized spacial score (nSPS) is 20.4. The van der Waals surface area contributed by atoms with E-state index >= 15 is 0 Å². The maximum Gasteiger partial charge on any atom is 0.249 e. The molecule has 1 aromatic rings. The summed E-state index contributed by atoms with van der Waals surface area (Å²) in [5.41, 5.74) is 6.82. The van der Waals surface area contributed by atoms with Crippen LogP contribution in [0.15, 0.2) is 18.2 Å². The molecule has 1 saturated heterocycles. The molecule has 2 rings (SSSR count). The number of nitrogens with one attached hydrogen (secondary N) is 1. The number of piperazine rings is 1. The van der Waals surface area contributed by atoms with Gasteiger partial charge >= 0.3 is 0 Å². The van der Waals surface area contributed by atoms with E-state index < -0.39 is 6.04 Å². The van der Waals surface area contributed by atoms with Crippen LogP contribution in [-0.4, -0.2) is 24.4 Å². The van der Waals surface area contributed by atoms with Gasteiger partial charge in [0.1, 0.15) is 6.04 Å². The second-order valence-electron chi connectivity index (χ2n) is 3.89. The first-order chi connectivity index (χ1) is 8.00. The first-order valence-corrected chi connectivity index (χ1v) is 5.53. The quantitative estimate of drug-likeness (QED) is 0.573. The van der Waals surface area contributed by atoms with E-state index in [0.29, 0.717) is 16.4 Å². The third-order valence-electron chi connectivity index (χ3n) is 2.73. The number of anilines is 2. The van der Waals surface area contributed by atoms with Crippen molar-refractivity contribution in [3.63, 3.8) is 0 Å². The summed E-state index contributed by atoms with van der Waals surface area (Å²) in [6, 6.07) is 4.61. The van der Waals surface area contributed by atoms with Crippen molar-refractivity contribution in [3.05, 3.63) is 23.2 Å². The Kier molecular flexibility index (Phi) is 2.93. The van der Waals surface area contributed by atoms with Gasteiger partial charge in [0.25, 0.3) is 0 Å². The van der Waals surface area contributed by atoms with Crippen LogP contribution in [0.5, 0.6) is 0 Å². The average Bonchev–Trinajstić information content (AvgIpc) is 2.24. The zero-order chi connectivity index (χ0) is 12.6. The van der Waals surface area contributed by atoms with Gasteiger partial charge < -0.3 is 10.6 Å². The number of nitrogens with two attached hydrogens (primary N) is 1. The molecule has 1 unspecified atom stereocenters. The molecule has 1 atom stereocenters. The minimum Gasteiger partial charge on any atom is -0.397 e. The lowest BCUT2D eigenvalue weighted by molar-refractivity contribution is -0.132. The second-order valence-corrected chi connectivity index (χ2v) is 4.30. The summed E-state index contributed by atoms with van der Waals surface area (Å²) in [6.45, 7) is 1.77. The van der Waals surface area contributed by atoms with Crippen LogP contribution in [0.1, 0.15) is 6.92 Å². The van der Waals surface area contributed by atoms with Gasteiger partial charge in [-0.25, -0.2) is 0 Å². The summed E-state index contributed by atoms with van der Waals surface area (Å²) in [5.74, 6) is -0.701. The summed E-state index contributed by atoms with van der Waals surface area (Å²) in [5, 5.41) is 2.69. The highest BCUT2D eigenvalue weighted by Gasteiger charge is 2.32. The number of hydrogen-bond acceptors (Lipinski definition) is 4. The highest BCUT2D eigenvalue weighted by molar-refractivity contribution is 6.34. The molecule has 0 spiro atoms. The summed E-state index contributed by atoms with van der Waals surface area (Å²) in [6.07, 6.45) is 0. The predicted molar refractivity (Wildman–Crippen MR) is 65.8 cm³/mol. The Morgan fingerprint density at radius 1 is 1.47 bits per heavy atom. The van der Waals surface area contributed by atoms with Gasteiger partial charge in [-0.1, -0.05) is 17.7 Å². The third kappa shape index (κ3) is 2.06. The number of halogens is 1. The lowest BCUT2D eigenvalue weighted by atomic mass is 10.1. The number of amides is 2. The van der Waals surface area contributed by atoms with Crippen LogP contribution in [0.3, 0.4) is 0 Å². The molecule has 0 saturated carbocycles. The monoisotopic (exact) mass is 253 g/mol. The Morgan fingerprint density at radius 3 is 2.82 bits per heavy atom. The molecule has 90 valence electrons.